The monoisotopic (exact) mass is 290 g/mol. The average Bonchev–Trinajstić information content (AvgIpc) is 3.02. The number of rotatable bonds is 3. The summed E-state index contributed by atoms with van der Waals surface area (Å²) in [5.74, 6) is -0.316. The van der Waals surface area contributed by atoms with Gasteiger partial charge in [-0.15, -0.1) is 0 Å². The molecule has 6 nitrogen and oxygen atoms in total. The van der Waals surface area contributed by atoms with Crippen molar-refractivity contribution < 1.29 is 4.79 Å². The van der Waals surface area contributed by atoms with E-state index < -0.39 is 0 Å². The van der Waals surface area contributed by atoms with Gasteiger partial charge >= 0.3 is 0 Å². The van der Waals surface area contributed by atoms with E-state index in [-0.39, 0.29) is 23.1 Å². The fraction of sp³-hybridized carbons (Fsp3) is 0.667. The van der Waals surface area contributed by atoms with E-state index in [0.29, 0.717) is 0 Å². The van der Waals surface area contributed by atoms with Gasteiger partial charge in [0.1, 0.15) is 5.56 Å². The van der Waals surface area contributed by atoms with E-state index >= 15 is 0 Å². The standard InChI is InChI=1S/C15H22N4O2/c20-14-13(9-16-10-17-14)15(21)18-11-5-7-19(8-6-11)12-3-1-2-4-12/h9-12H,1-8H2,(H,18,21)(H,16,17,20). The third-order valence-corrected chi connectivity index (χ3v) is 4.67. The highest BCUT2D eigenvalue weighted by Gasteiger charge is 2.28. The second-order valence-corrected chi connectivity index (χ2v) is 6.02. The Morgan fingerprint density at radius 3 is 2.62 bits per heavy atom. The molecule has 1 aliphatic heterocycles. The molecule has 21 heavy (non-hydrogen) atoms. The van der Waals surface area contributed by atoms with Crippen molar-refractivity contribution in [3.8, 4) is 0 Å². The van der Waals surface area contributed by atoms with Crippen LogP contribution in [0, 0.1) is 0 Å². The first kappa shape index (κ1) is 14.3. The summed E-state index contributed by atoms with van der Waals surface area (Å²) in [5, 5.41) is 2.96. The molecule has 0 atom stereocenters. The fourth-order valence-corrected chi connectivity index (χ4v) is 3.45. The molecule has 0 bridgehead atoms. The summed E-state index contributed by atoms with van der Waals surface area (Å²) in [6, 6.07) is 0.914. The number of aromatic nitrogens is 2. The molecular weight excluding hydrogens is 268 g/mol. The van der Waals surface area contributed by atoms with Gasteiger partial charge in [-0.2, -0.15) is 0 Å². The molecule has 1 aromatic rings. The van der Waals surface area contributed by atoms with Crippen LogP contribution < -0.4 is 10.9 Å². The maximum Gasteiger partial charge on any atom is 0.263 e. The number of piperidine rings is 1. The van der Waals surface area contributed by atoms with Gasteiger partial charge in [-0.25, -0.2) is 4.98 Å². The SMILES string of the molecule is O=C(NC1CCN(C2CCCC2)CC1)c1cnc[nH]c1=O. The van der Waals surface area contributed by atoms with Crippen molar-refractivity contribution in [2.24, 2.45) is 0 Å². The number of nitrogens with one attached hydrogen (secondary N) is 2. The van der Waals surface area contributed by atoms with Crippen molar-refractivity contribution >= 4 is 5.91 Å². The van der Waals surface area contributed by atoms with E-state index in [4.69, 9.17) is 0 Å². The van der Waals surface area contributed by atoms with E-state index in [1.54, 1.807) is 0 Å². The van der Waals surface area contributed by atoms with Crippen molar-refractivity contribution in [3.05, 3.63) is 28.4 Å². The van der Waals surface area contributed by atoms with Crippen LogP contribution in [0.2, 0.25) is 0 Å². The minimum Gasteiger partial charge on any atom is -0.349 e. The lowest BCUT2D eigenvalue weighted by Crippen LogP contribution is -2.48. The molecule has 2 fully saturated rings. The van der Waals surface area contributed by atoms with Crippen LogP contribution >= 0.6 is 0 Å². The minimum atomic E-state index is -0.383. The Morgan fingerprint density at radius 1 is 1.24 bits per heavy atom. The number of hydrogen-bond acceptors (Lipinski definition) is 4. The third-order valence-electron chi connectivity index (χ3n) is 4.67. The molecule has 114 valence electrons. The number of H-pyrrole nitrogens is 1. The number of aromatic amines is 1. The van der Waals surface area contributed by atoms with Crippen molar-refractivity contribution in [1.82, 2.24) is 20.2 Å². The Kier molecular flexibility index (Phi) is 4.34. The largest absolute Gasteiger partial charge is 0.349 e. The summed E-state index contributed by atoms with van der Waals surface area (Å²) in [6.07, 6.45) is 9.88. The molecule has 2 aliphatic rings. The molecule has 0 spiro atoms. The Hall–Kier alpha value is -1.69. The summed E-state index contributed by atoms with van der Waals surface area (Å²) in [6.45, 7) is 2.08. The van der Waals surface area contributed by atoms with Crippen LogP contribution in [-0.4, -0.2) is 45.9 Å². The number of nitrogens with zero attached hydrogens (tertiary/aromatic N) is 2. The molecule has 2 heterocycles. The van der Waals surface area contributed by atoms with Crippen LogP contribution in [0.5, 0.6) is 0 Å². The van der Waals surface area contributed by atoms with Gasteiger partial charge in [0, 0.05) is 31.4 Å². The van der Waals surface area contributed by atoms with E-state index in [2.05, 4.69) is 20.2 Å². The number of carbonyl (C=O) groups excluding carboxylic acids is 1. The molecular formula is C15H22N4O2. The predicted molar refractivity (Wildman–Crippen MR) is 79.2 cm³/mol. The van der Waals surface area contributed by atoms with Crippen molar-refractivity contribution in [2.45, 2.75) is 50.6 Å². The summed E-state index contributed by atoms with van der Waals surface area (Å²) < 4.78 is 0. The lowest BCUT2D eigenvalue weighted by molar-refractivity contribution is 0.0890. The van der Waals surface area contributed by atoms with Crippen LogP contribution in [0.4, 0.5) is 0 Å². The van der Waals surface area contributed by atoms with Crippen LogP contribution in [0.15, 0.2) is 17.3 Å². The first-order valence-electron chi connectivity index (χ1n) is 7.81. The number of hydrogen-bond donors (Lipinski definition) is 2. The lowest BCUT2D eigenvalue weighted by Gasteiger charge is -2.36. The topological polar surface area (TPSA) is 78.1 Å². The molecule has 3 rings (SSSR count). The van der Waals surface area contributed by atoms with Gasteiger partial charge in [0.15, 0.2) is 0 Å². The van der Waals surface area contributed by atoms with Crippen molar-refractivity contribution in [2.75, 3.05) is 13.1 Å². The molecule has 0 unspecified atom stereocenters. The second-order valence-electron chi connectivity index (χ2n) is 6.02. The first-order chi connectivity index (χ1) is 10.2. The Morgan fingerprint density at radius 2 is 1.95 bits per heavy atom. The molecule has 1 saturated carbocycles. The van der Waals surface area contributed by atoms with E-state index in [0.717, 1.165) is 32.0 Å². The molecule has 1 aliphatic carbocycles. The summed E-state index contributed by atoms with van der Waals surface area (Å²) in [7, 11) is 0. The summed E-state index contributed by atoms with van der Waals surface area (Å²) in [5.41, 5.74) is -0.290. The minimum absolute atomic E-state index is 0.0933. The van der Waals surface area contributed by atoms with E-state index in [1.165, 1.54) is 38.2 Å². The molecule has 1 aromatic heterocycles. The highest BCUT2D eigenvalue weighted by Crippen LogP contribution is 2.26. The van der Waals surface area contributed by atoms with Gasteiger partial charge in [-0.3, -0.25) is 9.59 Å². The lowest BCUT2D eigenvalue weighted by atomic mass is 10.0. The van der Waals surface area contributed by atoms with Gasteiger partial charge in [0.25, 0.3) is 11.5 Å². The summed E-state index contributed by atoms with van der Waals surface area (Å²) in [4.78, 5) is 32.4. The van der Waals surface area contributed by atoms with Gasteiger partial charge in [0.05, 0.1) is 6.33 Å². The second kappa shape index (κ2) is 6.39. The van der Waals surface area contributed by atoms with Gasteiger partial charge in [-0.05, 0) is 25.7 Å². The van der Waals surface area contributed by atoms with Gasteiger partial charge < -0.3 is 15.2 Å². The fourth-order valence-electron chi connectivity index (χ4n) is 3.45. The maximum atomic E-state index is 12.1. The predicted octanol–water partition coefficient (Wildman–Crippen LogP) is 0.907. The van der Waals surface area contributed by atoms with E-state index in [9.17, 15) is 9.59 Å². The van der Waals surface area contributed by atoms with Crippen LogP contribution in [0.25, 0.3) is 0 Å². The first-order valence-corrected chi connectivity index (χ1v) is 7.81. The summed E-state index contributed by atoms with van der Waals surface area (Å²) >= 11 is 0. The number of carbonyl (C=O) groups is 1. The van der Waals surface area contributed by atoms with Crippen molar-refractivity contribution in [3.63, 3.8) is 0 Å². The smallest absolute Gasteiger partial charge is 0.263 e. The zero-order valence-electron chi connectivity index (χ0n) is 12.2. The normalized spacial score (nSPS) is 21.5. The number of likely N-dealkylation sites (tertiary alicyclic amines) is 1. The molecule has 2 N–H and O–H groups in total. The average molecular weight is 290 g/mol. The van der Waals surface area contributed by atoms with Crippen LogP contribution in [0.3, 0.4) is 0 Å². The van der Waals surface area contributed by atoms with Crippen molar-refractivity contribution in [1.29, 1.82) is 0 Å². The van der Waals surface area contributed by atoms with E-state index in [1.807, 2.05) is 0 Å². The third kappa shape index (κ3) is 3.32. The molecule has 1 amide bonds. The maximum absolute atomic E-state index is 12.1. The Balaban J connectivity index is 1.52. The van der Waals surface area contributed by atoms with Crippen LogP contribution in [0.1, 0.15) is 48.9 Å². The zero-order chi connectivity index (χ0) is 14.7. The molecule has 0 aromatic carbocycles. The quantitative estimate of drug-likeness (QED) is 0.867. The Bertz CT molecular complexity index is 543. The molecule has 0 radical (unpaired) electrons. The zero-order valence-corrected chi connectivity index (χ0v) is 12.2. The highest BCUT2D eigenvalue weighted by atomic mass is 16.2. The van der Waals surface area contributed by atoms with Gasteiger partial charge in [-0.1, -0.05) is 12.8 Å². The van der Waals surface area contributed by atoms with Gasteiger partial charge in [0.2, 0.25) is 0 Å². The van der Waals surface area contributed by atoms with Crippen LogP contribution in [-0.2, 0) is 0 Å². The molecule has 1 saturated heterocycles. The Labute approximate surface area is 124 Å². The molecule has 6 heteroatoms. The highest BCUT2D eigenvalue weighted by molar-refractivity contribution is 5.93. The number of amides is 1.